The molecule has 2 aliphatic rings. The second kappa shape index (κ2) is 6.07. The van der Waals surface area contributed by atoms with Crippen molar-refractivity contribution in [3.63, 3.8) is 0 Å². The molecular formula is C13H23N3O2. The summed E-state index contributed by atoms with van der Waals surface area (Å²) in [4.78, 5) is 14.2. The molecule has 5 nitrogen and oxygen atoms in total. The molecule has 0 radical (unpaired) electrons. The van der Waals surface area contributed by atoms with Gasteiger partial charge < -0.3 is 15.8 Å². The highest BCUT2D eigenvalue weighted by Gasteiger charge is 2.30. The van der Waals surface area contributed by atoms with Crippen molar-refractivity contribution in [3.8, 4) is 0 Å². The number of oxime groups is 1. The lowest BCUT2D eigenvalue weighted by Crippen LogP contribution is -2.45. The maximum atomic E-state index is 12.3. The standard InChI is InChI=1S/C13H23N3O2/c14-12(15-18)9-16(11-6-1-2-7-11)13(17)8-10-4-3-5-10/h10-11,18H,1-9H2,(H2,14,15). The Kier molecular flexibility index (Phi) is 4.44. The second-order valence-electron chi connectivity index (χ2n) is 5.55. The molecule has 2 rings (SSSR count). The van der Waals surface area contributed by atoms with Crippen LogP contribution in [0.4, 0.5) is 0 Å². The number of amidine groups is 1. The highest BCUT2D eigenvalue weighted by atomic mass is 16.4. The molecule has 0 unspecified atom stereocenters. The molecule has 0 aromatic carbocycles. The van der Waals surface area contributed by atoms with Crippen LogP contribution in [0.2, 0.25) is 0 Å². The van der Waals surface area contributed by atoms with Crippen LogP contribution in [0.25, 0.3) is 0 Å². The summed E-state index contributed by atoms with van der Waals surface area (Å²) in [6.07, 6.45) is 8.69. The van der Waals surface area contributed by atoms with E-state index in [1.807, 2.05) is 4.90 Å². The number of carbonyl (C=O) groups is 1. The van der Waals surface area contributed by atoms with Gasteiger partial charge in [-0.1, -0.05) is 24.4 Å². The van der Waals surface area contributed by atoms with Crippen molar-refractivity contribution < 1.29 is 10.0 Å². The normalized spacial score (nSPS) is 21.9. The summed E-state index contributed by atoms with van der Waals surface area (Å²) >= 11 is 0. The summed E-state index contributed by atoms with van der Waals surface area (Å²) < 4.78 is 0. The lowest BCUT2D eigenvalue weighted by atomic mass is 9.82. The number of carbonyl (C=O) groups excluding carboxylic acids is 1. The van der Waals surface area contributed by atoms with Gasteiger partial charge in [-0.15, -0.1) is 0 Å². The molecule has 1 amide bonds. The Hall–Kier alpha value is -1.26. The molecule has 0 saturated heterocycles. The molecule has 2 fully saturated rings. The molecule has 0 aromatic heterocycles. The maximum absolute atomic E-state index is 12.3. The third-order valence-electron chi connectivity index (χ3n) is 4.23. The zero-order chi connectivity index (χ0) is 13.0. The van der Waals surface area contributed by atoms with E-state index in [0.29, 0.717) is 12.3 Å². The average Bonchev–Trinajstić information content (AvgIpc) is 2.83. The zero-order valence-electron chi connectivity index (χ0n) is 10.8. The smallest absolute Gasteiger partial charge is 0.223 e. The predicted molar refractivity (Wildman–Crippen MR) is 69.3 cm³/mol. The lowest BCUT2D eigenvalue weighted by molar-refractivity contribution is -0.134. The summed E-state index contributed by atoms with van der Waals surface area (Å²) in [5.74, 6) is 0.871. The van der Waals surface area contributed by atoms with Crippen LogP contribution in [0.5, 0.6) is 0 Å². The molecule has 102 valence electrons. The molecule has 0 spiro atoms. The van der Waals surface area contributed by atoms with Crippen LogP contribution in [0.3, 0.4) is 0 Å². The van der Waals surface area contributed by atoms with Crippen LogP contribution in [0, 0.1) is 5.92 Å². The zero-order valence-corrected chi connectivity index (χ0v) is 10.8. The van der Waals surface area contributed by atoms with Crippen LogP contribution in [0.15, 0.2) is 5.16 Å². The molecule has 18 heavy (non-hydrogen) atoms. The van der Waals surface area contributed by atoms with Gasteiger partial charge in [-0.2, -0.15) is 0 Å². The molecule has 0 atom stereocenters. The van der Waals surface area contributed by atoms with Crippen LogP contribution in [-0.2, 0) is 4.79 Å². The van der Waals surface area contributed by atoms with Crippen molar-refractivity contribution in [1.82, 2.24) is 4.90 Å². The quantitative estimate of drug-likeness (QED) is 0.339. The molecule has 0 aromatic rings. The minimum atomic E-state index is 0.129. The van der Waals surface area contributed by atoms with Gasteiger partial charge in [-0.05, 0) is 31.6 Å². The van der Waals surface area contributed by atoms with E-state index in [2.05, 4.69) is 5.16 Å². The van der Waals surface area contributed by atoms with Gasteiger partial charge in [0.2, 0.25) is 5.91 Å². The topological polar surface area (TPSA) is 78.9 Å². The average molecular weight is 253 g/mol. The summed E-state index contributed by atoms with van der Waals surface area (Å²) in [6.45, 7) is 0.271. The fourth-order valence-corrected chi connectivity index (χ4v) is 2.90. The van der Waals surface area contributed by atoms with Gasteiger partial charge in [-0.25, -0.2) is 0 Å². The van der Waals surface area contributed by atoms with Gasteiger partial charge in [0.25, 0.3) is 0 Å². The highest BCUT2D eigenvalue weighted by Crippen LogP contribution is 2.31. The van der Waals surface area contributed by atoms with E-state index in [4.69, 9.17) is 10.9 Å². The minimum absolute atomic E-state index is 0.129. The predicted octanol–water partition coefficient (Wildman–Crippen LogP) is 1.69. The first-order valence-corrected chi connectivity index (χ1v) is 6.96. The van der Waals surface area contributed by atoms with Gasteiger partial charge in [-0.3, -0.25) is 4.79 Å². The number of hydrogen-bond donors (Lipinski definition) is 2. The van der Waals surface area contributed by atoms with E-state index in [9.17, 15) is 4.79 Å². The van der Waals surface area contributed by atoms with Gasteiger partial charge in [0, 0.05) is 12.5 Å². The first-order valence-electron chi connectivity index (χ1n) is 6.96. The minimum Gasteiger partial charge on any atom is -0.409 e. The summed E-state index contributed by atoms with van der Waals surface area (Å²) in [5.41, 5.74) is 5.56. The Balaban J connectivity index is 1.95. The van der Waals surface area contributed by atoms with Crippen molar-refractivity contribution in [2.24, 2.45) is 16.8 Å². The Morgan fingerprint density at radius 3 is 2.39 bits per heavy atom. The monoisotopic (exact) mass is 253 g/mol. The summed E-state index contributed by atoms with van der Waals surface area (Å²) in [6, 6.07) is 0.290. The first-order chi connectivity index (χ1) is 8.70. The lowest BCUT2D eigenvalue weighted by Gasteiger charge is -2.32. The van der Waals surface area contributed by atoms with Crippen molar-refractivity contribution >= 4 is 11.7 Å². The Labute approximate surface area is 108 Å². The molecule has 2 aliphatic carbocycles. The Bertz CT molecular complexity index is 320. The number of hydrogen-bond acceptors (Lipinski definition) is 3. The van der Waals surface area contributed by atoms with Crippen molar-refractivity contribution in [2.45, 2.75) is 57.4 Å². The van der Waals surface area contributed by atoms with Crippen molar-refractivity contribution in [1.29, 1.82) is 0 Å². The summed E-state index contributed by atoms with van der Waals surface area (Å²) in [7, 11) is 0. The SMILES string of the molecule is NC(CN(C(=O)CC1CCC1)C1CCCC1)=NO. The van der Waals surface area contributed by atoms with Gasteiger partial charge >= 0.3 is 0 Å². The molecule has 0 heterocycles. The van der Waals surface area contributed by atoms with E-state index in [1.165, 1.54) is 32.1 Å². The largest absolute Gasteiger partial charge is 0.409 e. The Morgan fingerprint density at radius 2 is 1.89 bits per heavy atom. The third kappa shape index (κ3) is 3.15. The van der Waals surface area contributed by atoms with E-state index >= 15 is 0 Å². The molecule has 5 heteroatoms. The van der Waals surface area contributed by atoms with Gasteiger partial charge in [0.05, 0.1) is 6.54 Å². The van der Waals surface area contributed by atoms with E-state index in [1.54, 1.807) is 0 Å². The fraction of sp³-hybridized carbons (Fsp3) is 0.846. The number of rotatable bonds is 5. The van der Waals surface area contributed by atoms with Crippen molar-refractivity contribution in [3.05, 3.63) is 0 Å². The van der Waals surface area contributed by atoms with E-state index in [0.717, 1.165) is 12.8 Å². The van der Waals surface area contributed by atoms with E-state index < -0.39 is 0 Å². The summed E-state index contributed by atoms with van der Waals surface area (Å²) in [5, 5.41) is 11.7. The van der Waals surface area contributed by atoms with E-state index in [-0.39, 0.29) is 24.3 Å². The van der Waals surface area contributed by atoms with Crippen LogP contribution in [-0.4, -0.2) is 34.4 Å². The van der Waals surface area contributed by atoms with Gasteiger partial charge in [0.15, 0.2) is 5.84 Å². The van der Waals surface area contributed by atoms with Crippen molar-refractivity contribution in [2.75, 3.05) is 6.54 Å². The number of nitrogens with zero attached hydrogens (tertiary/aromatic N) is 2. The van der Waals surface area contributed by atoms with Crippen LogP contribution >= 0.6 is 0 Å². The third-order valence-corrected chi connectivity index (χ3v) is 4.23. The van der Waals surface area contributed by atoms with Crippen LogP contribution < -0.4 is 5.73 Å². The number of amides is 1. The molecule has 3 N–H and O–H groups in total. The maximum Gasteiger partial charge on any atom is 0.223 e. The van der Waals surface area contributed by atoms with Crippen LogP contribution in [0.1, 0.15) is 51.4 Å². The number of nitrogens with two attached hydrogens (primary N) is 1. The molecule has 0 aliphatic heterocycles. The Morgan fingerprint density at radius 1 is 1.22 bits per heavy atom. The fourth-order valence-electron chi connectivity index (χ4n) is 2.90. The highest BCUT2D eigenvalue weighted by molar-refractivity contribution is 5.87. The second-order valence-corrected chi connectivity index (χ2v) is 5.55. The van der Waals surface area contributed by atoms with Gasteiger partial charge in [0.1, 0.15) is 0 Å². The molecule has 2 saturated carbocycles. The molecule has 0 bridgehead atoms. The first kappa shape index (κ1) is 13.2. The molecular weight excluding hydrogens is 230 g/mol.